The zero-order valence-electron chi connectivity index (χ0n) is 13.0. The molecular formula is C16H26N2O3. The monoisotopic (exact) mass is 294 g/mol. The van der Waals surface area contributed by atoms with E-state index in [-0.39, 0.29) is 5.97 Å². The third kappa shape index (κ3) is 6.71. The van der Waals surface area contributed by atoms with E-state index in [1.807, 2.05) is 51.1 Å². The maximum Gasteiger partial charge on any atom is 0.314 e. The van der Waals surface area contributed by atoms with Crippen LogP contribution in [-0.2, 0) is 9.53 Å². The van der Waals surface area contributed by atoms with Gasteiger partial charge in [-0.25, -0.2) is 0 Å². The number of rotatable bonds is 7. The maximum atomic E-state index is 12.4. The van der Waals surface area contributed by atoms with Gasteiger partial charge in [0.2, 0.25) is 0 Å². The van der Waals surface area contributed by atoms with Crippen molar-refractivity contribution < 1.29 is 14.6 Å². The highest BCUT2D eigenvalue weighted by molar-refractivity contribution is 5.78. The first-order chi connectivity index (χ1) is 9.83. The minimum absolute atomic E-state index is 0.291. The van der Waals surface area contributed by atoms with Crippen molar-refractivity contribution in [1.29, 1.82) is 0 Å². The van der Waals surface area contributed by atoms with Gasteiger partial charge in [-0.2, -0.15) is 0 Å². The lowest BCUT2D eigenvalue weighted by Gasteiger charge is -2.25. The Bertz CT molecular complexity index is 429. The average molecular weight is 294 g/mol. The smallest absolute Gasteiger partial charge is 0.314 e. The molecule has 0 aliphatic rings. The van der Waals surface area contributed by atoms with Crippen molar-refractivity contribution >= 4 is 5.97 Å². The number of nitrogens with one attached hydrogen (secondary N) is 1. The van der Waals surface area contributed by atoms with Crippen LogP contribution in [0.25, 0.3) is 0 Å². The summed E-state index contributed by atoms with van der Waals surface area (Å²) in [5.74, 6) is -0.805. The van der Waals surface area contributed by atoms with Crippen LogP contribution in [0.15, 0.2) is 30.3 Å². The third-order valence-corrected chi connectivity index (χ3v) is 2.93. The van der Waals surface area contributed by atoms with Crippen LogP contribution in [-0.4, -0.2) is 36.0 Å². The molecule has 0 aliphatic carbocycles. The molecule has 0 spiro atoms. The maximum absolute atomic E-state index is 12.4. The Morgan fingerprint density at radius 3 is 2.48 bits per heavy atom. The Morgan fingerprint density at radius 1 is 1.33 bits per heavy atom. The third-order valence-electron chi connectivity index (χ3n) is 2.93. The summed E-state index contributed by atoms with van der Waals surface area (Å²) < 4.78 is 5.46. The molecule has 5 heteroatoms. The van der Waals surface area contributed by atoms with Crippen LogP contribution < -0.4 is 11.1 Å². The van der Waals surface area contributed by atoms with Crippen LogP contribution in [0.2, 0.25) is 0 Å². The molecule has 4 N–H and O–H groups in total. The van der Waals surface area contributed by atoms with E-state index in [0.29, 0.717) is 19.6 Å². The Morgan fingerprint density at radius 2 is 1.95 bits per heavy atom. The van der Waals surface area contributed by atoms with Gasteiger partial charge in [0, 0.05) is 13.2 Å². The quantitative estimate of drug-likeness (QED) is 0.522. The first-order valence-electron chi connectivity index (χ1n) is 7.20. The molecule has 21 heavy (non-hydrogen) atoms. The zero-order valence-corrected chi connectivity index (χ0v) is 13.0. The van der Waals surface area contributed by atoms with Crippen molar-refractivity contribution in [2.45, 2.75) is 44.8 Å². The summed E-state index contributed by atoms with van der Waals surface area (Å²) in [6, 6.07) is 9.38. The van der Waals surface area contributed by atoms with Crippen molar-refractivity contribution in [1.82, 2.24) is 5.32 Å². The van der Waals surface area contributed by atoms with Crippen molar-refractivity contribution in [2.75, 3.05) is 13.2 Å². The molecule has 5 nitrogen and oxygen atoms in total. The van der Waals surface area contributed by atoms with Gasteiger partial charge in [0.1, 0.15) is 5.60 Å². The van der Waals surface area contributed by atoms with Gasteiger partial charge >= 0.3 is 5.97 Å². The summed E-state index contributed by atoms with van der Waals surface area (Å²) in [4.78, 5) is 12.4. The molecule has 1 aromatic rings. The van der Waals surface area contributed by atoms with Crippen LogP contribution in [0.4, 0.5) is 0 Å². The molecule has 0 aromatic heterocycles. The number of aliphatic hydroxyl groups excluding tert-OH is 1. The highest BCUT2D eigenvalue weighted by Crippen LogP contribution is 2.25. The molecule has 0 bridgehead atoms. The Hall–Kier alpha value is -1.43. The van der Waals surface area contributed by atoms with Crippen LogP contribution in [0.3, 0.4) is 0 Å². The van der Waals surface area contributed by atoms with Crippen molar-refractivity contribution in [3.05, 3.63) is 35.9 Å². The Balaban J connectivity index is 2.83. The number of carbonyl (C=O) groups excluding carboxylic acids is 1. The van der Waals surface area contributed by atoms with Gasteiger partial charge in [-0.1, -0.05) is 30.3 Å². The van der Waals surface area contributed by atoms with Gasteiger partial charge < -0.3 is 20.9 Å². The van der Waals surface area contributed by atoms with Crippen molar-refractivity contribution in [3.63, 3.8) is 0 Å². The predicted molar refractivity (Wildman–Crippen MR) is 82.7 cm³/mol. The molecule has 0 saturated heterocycles. The SMILES string of the molecule is CC(C)(C)OC(=O)C(CC(O)CNCN)c1ccccc1. The van der Waals surface area contributed by atoms with Gasteiger partial charge in [0.25, 0.3) is 0 Å². The normalized spacial score (nSPS) is 14.5. The minimum atomic E-state index is -0.661. The summed E-state index contributed by atoms with van der Waals surface area (Å²) in [5.41, 5.74) is 5.64. The second-order valence-corrected chi connectivity index (χ2v) is 6.04. The first-order valence-corrected chi connectivity index (χ1v) is 7.20. The number of aliphatic hydroxyl groups is 1. The molecular weight excluding hydrogens is 268 g/mol. The average Bonchev–Trinajstić information content (AvgIpc) is 2.41. The summed E-state index contributed by atoms with van der Waals surface area (Å²) in [5, 5.41) is 12.9. The van der Waals surface area contributed by atoms with Crippen LogP contribution in [0, 0.1) is 0 Å². The number of hydrogen-bond acceptors (Lipinski definition) is 5. The van der Waals surface area contributed by atoms with Gasteiger partial charge in [0.05, 0.1) is 12.0 Å². The lowest BCUT2D eigenvalue weighted by molar-refractivity contribution is -0.157. The molecule has 0 radical (unpaired) electrons. The predicted octanol–water partition coefficient (Wildman–Crippen LogP) is 1.37. The molecule has 0 saturated carbocycles. The van der Waals surface area contributed by atoms with E-state index in [2.05, 4.69) is 5.32 Å². The molecule has 0 heterocycles. The van der Waals surface area contributed by atoms with E-state index < -0.39 is 17.6 Å². The zero-order chi connectivity index (χ0) is 15.9. The summed E-state index contributed by atoms with van der Waals surface area (Å²) in [7, 11) is 0. The highest BCUT2D eigenvalue weighted by atomic mass is 16.6. The van der Waals surface area contributed by atoms with Gasteiger partial charge in [0.15, 0.2) is 0 Å². The lowest BCUT2D eigenvalue weighted by Crippen LogP contribution is -2.34. The fourth-order valence-corrected chi connectivity index (χ4v) is 2.03. The second-order valence-electron chi connectivity index (χ2n) is 6.04. The molecule has 1 rings (SSSR count). The van der Waals surface area contributed by atoms with E-state index in [9.17, 15) is 9.90 Å². The van der Waals surface area contributed by atoms with Crippen LogP contribution in [0.1, 0.15) is 38.7 Å². The minimum Gasteiger partial charge on any atom is -0.459 e. The van der Waals surface area contributed by atoms with E-state index in [0.717, 1.165) is 5.56 Å². The summed E-state index contributed by atoms with van der Waals surface area (Å²) in [6.07, 6.45) is -0.363. The lowest BCUT2D eigenvalue weighted by atomic mass is 9.93. The summed E-state index contributed by atoms with van der Waals surface area (Å²) >= 11 is 0. The second kappa shape index (κ2) is 8.12. The number of hydrogen-bond donors (Lipinski definition) is 3. The standard InChI is InChI=1S/C16H26N2O3/c1-16(2,3)21-15(20)14(9-13(19)10-18-11-17)12-7-5-4-6-8-12/h4-8,13-14,18-19H,9-11,17H2,1-3H3. The molecule has 2 atom stereocenters. The van der Waals surface area contributed by atoms with E-state index in [1.165, 1.54) is 0 Å². The molecule has 0 amide bonds. The number of carbonyl (C=O) groups is 1. The molecule has 2 unspecified atom stereocenters. The number of ether oxygens (including phenoxy) is 1. The molecule has 118 valence electrons. The Labute approximate surface area is 126 Å². The van der Waals surface area contributed by atoms with E-state index in [4.69, 9.17) is 10.5 Å². The summed E-state index contributed by atoms with van der Waals surface area (Å²) in [6.45, 7) is 6.14. The molecule has 0 aliphatic heterocycles. The fourth-order valence-electron chi connectivity index (χ4n) is 2.03. The molecule has 0 fully saturated rings. The van der Waals surface area contributed by atoms with Gasteiger partial charge in [-0.3, -0.25) is 4.79 Å². The molecule has 1 aromatic carbocycles. The van der Waals surface area contributed by atoms with Crippen LogP contribution in [0.5, 0.6) is 0 Å². The van der Waals surface area contributed by atoms with Crippen molar-refractivity contribution in [2.24, 2.45) is 5.73 Å². The fraction of sp³-hybridized carbons (Fsp3) is 0.562. The largest absolute Gasteiger partial charge is 0.459 e. The van der Waals surface area contributed by atoms with Gasteiger partial charge in [-0.15, -0.1) is 0 Å². The van der Waals surface area contributed by atoms with Crippen LogP contribution >= 0.6 is 0 Å². The Kier molecular flexibility index (Phi) is 6.81. The van der Waals surface area contributed by atoms with Crippen molar-refractivity contribution in [3.8, 4) is 0 Å². The number of esters is 1. The van der Waals surface area contributed by atoms with E-state index >= 15 is 0 Å². The van der Waals surface area contributed by atoms with Gasteiger partial charge in [-0.05, 0) is 32.8 Å². The number of nitrogens with two attached hydrogens (primary N) is 1. The number of benzene rings is 1. The van der Waals surface area contributed by atoms with E-state index in [1.54, 1.807) is 0 Å². The topological polar surface area (TPSA) is 84.6 Å². The first kappa shape index (κ1) is 17.6. The highest BCUT2D eigenvalue weighted by Gasteiger charge is 2.28.